The molecule has 100 valence electrons. The van der Waals surface area contributed by atoms with Crippen molar-refractivity contribution in [1.82, 2.24) is 4.98 Å². The van der Waals surface area contributed by atoms with Crippen LogP contribution in [0.25, 0.3) is 21.5 Å². The topological polar surface area (TPSA) is 50.2 Å². The lowest BCUT2D eigenvalue weighted by Crippen LogP contribution is -2.01. The highest BCUT2D eigenvalue weighted by molar-refractivity contribution is 7.13. The molecule has 6 heteroatoms. The summed E-state index contributed by atoms with van der Waals surface area (Å²) in [6.07, 6.45) is 0. The number of aromatic carboxylic acids is 1. The second-order valence-corrected chi connectivity index (χ2v) is 5.07. The van der Waals surface area contributed by atoms with Gasteiger partial charge in [0, 0.05) is 11.5 Å². The van der Waals surface area contributed by atoms with Gasteiger partial charge in [-0.05, 0) is 23.6 Å². The van der Waals surface area contributed by atoms with E-state index in [1.807, 2.05) is 5.38 Å². The molecular weight excluding hydrogens is 284 g/mol. The van der Waals surface area contributed by atoms with Crippen molar-refractivity contribution in [2.24, 2.45) is 0 Å². The maximum absolute atomic E-state index is 13.8. The largest absolute Gasteiger partial charge is 0.478 e. The molecule has 0 radical (unpaired) electrons. The van der Waals surface area contributed by atoms with Crippen LogP contribution in [0.4, 0.5) is 8.78 Å². The summed E-state index contributed by atoms with van der Waals surface area (Å²) in [6, 6.07) is 6.54. The number of aromatic nitrogens is 1. The Hall–Kier alpha value is -2.34. The summed E-state index contributed by atoms with van der Waals surface area (Å²) >= 11 is 1.36. The first kappa shape index (κ1) is 12.7. The monoisotopic (exact) mass is 291 g/mol. The molecular formula is C14H7F2NO2S. The standard InChI is InChI=1S/C14H7F2NO2S/c15-7-4-8-9(14(18)19)6-11(12-2-1-3-20-12)17-13(8)10(16)5-7/h1-6H,(H,18,19). The number of hydrogen-bond donors (Lipinski definition) is 1. The van der Waals surface area contributed by atoms with E-state index in [-0.39, 0.29) is 16.5 Å². The molecule has 1 aromatic carbocycles. The molecule has 0 amide bonds. The third-order valence-electron chi connectivity index (χ3n) is 2.84. The molecule has 3 aromatic rings. The van der Waals surface area contributed by atoms with Crippen molar-refractivity contribution in [3.05, 3.63) is 52.9 Å². The van der Waals surface area contributed by atoms with Gasteiger partial charge in [0.15, 0.2) is 5.82 Å². The SMILES string of the molecule is O=C(O)c1cc(-c2cccs2)nc2c(F)cc(F)cc12. The van der Waals surface area contributed by atoms with Crippen LogP contribution >= 0.6 is 11.3 Å². The first-order valence-electron chi connectivity index (χ1n) is 5.63. The highest BCUT2D eigenvalue weighted by Gasteiger charge is 2.17. The van der Waals surface area contributed by atoms with Crippen molar-refractivity contribution in [2.75, 3.05) is 0 Å². The van der Waals surface area contributed by atoms with Gasteiger partial charge in [0.05, 0.1) is 16.1 Å². The van der Waals surface area contributed by atoms with Gasteiger partial charge in [-0.15, -0.1) is 11.3 Å². The van der Waals surface area contributed by atoms with Crippen LogP contribution in [0.3, 0.4) is 0 Å². The van der Waals surface area contributed by atoms with Crippen LogP contribution in [0.2, 0.25) is 0 Å². The molecule has 3 rings (SSSR count). The van der Waals surface area contributed by atoms with Gasteiger partial charge in [-0.25, -0.2) is 18.6 Å². The zero-order valence-corrected chi connectivity index (χ0v) is 10.7. The smallest absolute Gasteiger partial charge is 0.336 e. The van der Waals surface area contributed by atoms with Crippen LogP contribution in [0.15, 0.2) is 35.7 Å². The van der Waals surface area contributed by atoms with Crippen molar-refractivity contribution < 1.29 is 18.7 Å². The summed E-state index contributed by atoms with van der Waals surface area (Å²) in [7, 11) is 0. The number of halogens is 2. The molecule has 0 aliphatic heterocycles. The second-order valence-electron chi connectivity index (χ2n) is 4.12. The lowest BCUT2D eigenvalue weighted by atomic mass is 10.1. The third-order valence-corrected chi connectivity index (χ3v) is 3.73. The fraction of sp³-hybridized carbons (Fsp3) is 0. The minimum Gasteiger partial charge on any atom is -0.478 e. The summed E-state index contributed by atoms with van der Waals surface area (Å²) in [5.41, 5.74) is 0.0434. The molecule has 1 N–H and O–H groups in total. The first-order valence-corrected chi connectivity index (χ1v) is 6.51. The van der Waals surface area contributed by atoms with E-state index in [1.165, 1.54) is 17.4 Å². The lowest BCUT2D eigenvalue weighted by Gasteiger charge is -2.06. The Balaban J connectivity index is 2.40. The van der Waals surface area contributed by atoms with Gasteiger partial charge in [0.1, 0.15) is 11.3 Å². The van der Waals surface area contributed by atoms with E-state index < -0.39 is 17.6 Å². The van der Waals surface area contributed by atoms with Crippen molar-refractivity contribution in [3.8, 4) is 10.6 Å². The highest BCUT2D eigenvalue weighted by Crippen LogP contribution is 2.29. The number of carboxylic acids is 1. The minimum atomic E-state index is -1.25. The summed E-state index contributed by atoms with van der Waals surface area (Å²) in [5, 5.41) is 11.0. The first-order chi connectivity index (χ1) is 9.56. The molecule has 0 fully saturated rings. The molecule has 0 aliphatic carbocycles. The molecule has 0 atom stereocenters. The Morgan fingerprint density at radius 1 is 1.25 bits per heavy atom. The number of pyridine rings is 1. The molecule has 2 aromatic heterocycles. The molecule has 20 heavy (non-hydrogen) atoms. The summed E-state index contributed by atoms with van der Waals surface area (Å²) in [6.45, 7) is 0. The zero-order chi connectivity index (χ0) is 14.3. The van der Waals surface area contributed by atoms with E-state index in [4.69, 9.17) is 0 Å². The van der Waals surface area contributed by atoms with E-state index >= 15 is 0 Å². The lowest BCUT2D eigenvalue weighted by molar-refractivity contribution is 0.0699. The molecule has 0 bridgehead atoms. The molecule has 0 spiro atoms. The predicted octanol–water partition coefficient (Wildman–Crippen LogP) is 3.94. The average molecular weight is 291 g/mol. The fourth-order valence-electron chi connectivity index (χ4n) is 1.98. The van der Waals surface area contributed by atoms with Crippen LogP contribution in [0.5, 0.6) is 0 Å². The van der Waals surface area contributed by atoms with Gasteiger partial charge in [-0.1, -0.05) is 6.07 Å². The number of rotatable bonds is 2. The minimum absolute atomic E-state index is 0.0460. The number of nitrogens with zero attached hydrogens (tertiary/aromatic N) is 1. The average Bonchev–Trinajstić information content (AvgIpc) is 2.91. The van der Waals surface area contributed by atoms with E-state index in [9.17, 15) is 18.7 Å². The Labute approximate surface area is 116 Å². The van der Waals surface area contributed by atoms with Crippen molar-refractivity contribution in [2.45, 2.75) is 0 Å². The number of thiophene rings is 1. The van der Waals surface area contributed by atoms with Gasteiger partial charge in [0.2, 0.25) is 0 Å². The summed E-state index contributed by atoms with van der Waals surface area (Å²) in [4.78, 5) is 16.1. The van der Waals surface area contributed by atoms with Crippen LogP contribution in [0.1, 0.15) is 10.4 Å². The highest BCUT2D eigenvalue weighted by atomic mass is 32.1. The molecule has 0 unspecified atom stereocenters. The van der Waals surface area contributed by atoms with Crippen molar-refractivity contribution >= 4 is 28.2 Å². The Kier molecular flexibility index (Phi) is 2.94. The van der Waals surface area contributed by atoms with E-state index in [0.717, 1.165) is 10.9 Å². The maximum atomic E-state index is 13.8. The van der Waals surface area contributed by atoms with Gasteiger partial charge in [-0.3, -0.25) is 0 Å². The fourth-order valence-corrected chi connectivity index (χ4v) is 2.67. The third kappa shape index (κ3) is 2.04. The van der Waals surface area contributed by atoms with Crippen molar-refractivity contribution in [3.63, 3.8) is 0 Å². The van der Waals surface area contributed by atoms with E-state index in [2.05, 4.69) is 4.98 Å². The Bertz CT molecular complexity index is 816. The van der Waals surface area contributed by atoms with Crippen molar-refractivity contribution in [1.29, 1.82) is 0 Å². The van der Waals surface area contributed by atoms with E-state index in [0.29, 0.717) is 11.8 Å². The Morgan fingerprint density at radius 3 is 2.70 bits per heavy atom. The van der Waals surface area contributed by atoms with Crippen LogP contribution in [0, 0.1) is 11.6 Å². The van der Waals surface area contributed by atoms with E-state index in [1.54, 1.807) is 12.1 Å². The van der Waals surface area contributed by atoms with Gasteiger partial charge in [0.25, 0.3) is 0 Å². The molecule has 2 heterocycles. The second kappa shape index (κ2) is 4.64. The predicted molar refractivity (Wildman–Crippen MR) is 71.9 cm³/mol. The number of hydrogen-bond acceptors (Lipinski definition) is 3. The normalized spacial score (nSPS) is 10.9. The van der Waals surface area contributed by atoms with Crippen LogP contribution in [-0.4, -0.2) is 16.1 Å². The number of fused-ring (bicyclic) bond motifs is 1. The molecule has 0 saturated heterocycles. The Morgan fingerprint density at radius 2 is 2.05 bits per heavy atom. The van der Waals surface area contributed by atoms with Crippen LogP contribution in [-0.2, 0) is 0 Å². The molecule has 0 saturated carbocycles. The van der Waals surface area contributed by atoms with Crippen LogP contribution < -0.4 is 0 Å². The zero-order valence-electron chi connectivity index (χ0n) is 9.93. The number of carboxylic acid groups (broad SMARTS) is 1. The van der Waals surface area contributed by atoms with Gasteiger partial charge in [-0.2, -0.15) is 0 Å². The molecule has 0 aliphatic rings. The van der Waals surface area contributed by atoms with Gasteiger partial charge < -0.3 is 5.11 Å². The molecule has 3 nitrogen and oxygen atoms in total. The maximum Gasteiger partial charge on any atom is 0.336 e. The van der Waals surface area contributed by atoms with Gasteiger partial charge >= 0.3 is 5.97 Å². The summed E-state index contributed by atoms with van der Waals surface area (Å²) in [5.74, 6) is -2.95. The number of benzene rings is 1. The quantitative estimate of drug-likeness (QED) is 0.778. The summed E-state index contributed by atoms with van der Waals surface area (Å²) < 4.78 is 27.1. The number of carbonyl (C=O) groups is 1.